The van der Waals surface area contributed by atoms with Crippen LogP contribution >= 0.6 is 0 Å². The van der Waals surface area contributed by atoms with Crippen molar-refractivity contribution in [3.05, 3.63) is 23.8 Å². The Hall–Kier alpha value is -1.78. The van der Waals surface area contributed by atoms with Crippen molar-refractivity contribution < 1.29 is 14.7 Å². The van der Waals surface area contributed by atoms with Gasteiger partial charge in [-0.1, -0.05) is 23.8 Å². The van der Waals surface area contributed by atoms with E-state index in [-0.39, 0.29) is 0 Å². The van der Waals surface area contributed by atoms with E-state index in [0.29, 0.717) is 6.42 Å². The number of amides is 2. The van der Waals surface area contributed by atoms with Crippen LogP contribution in [0.2, 0.25) is 0 Å². The van der Waals surface area contributed by atoms with Crippen molar-refractivity contribution >= 4 is 12.0 Å². The van der Waals surface area contributed by atoms with Gasteiger partial charge in [0, 0.05) is 0 Å². The molecule has 0 aromatic rings. The van der Waals surface area contributed by atoms with E-state index in [0.717, 1.165) is 18.4 Å². The summed E-state index contributed by atoms with van der Waals surface area (Å²) >= 11 is 0. The van der Waals surface area contributed by atoms with Crippen LogP contribution in [0.25, 0.3) is 0 Å². The van der Waals surface area contributed by atoms with Gasteiger partial charge in [0.1, 0.15) is 6.04 Å². The molecule has 0 heterocycles. The molecule has 5 nitrogen and oxygen atoms in total. The molecule has 0 unspecified atom stereocenters. The van der Waals surface area contributed by atoms with Gasteiger partial charge in [0.15, 0.2) is 0 Å². The monoisotopic (exact) mass is 210 g/mol. The number of carbonyl (C=O) groups excluding carboxylic acids is 1. The van der Waals surface area contributed by atoms with Crippen LogP contribution < -0.4 is 11.1 Å². The van der Waals surface area contributed by atoms with Crippen LogP contribution in [0.4, 0.5) is 4.79 Å². The van der Waals surface area contributed by atoms with Gasteiger partial charge < -0.3 is 16.2 Å². The highest BCUT2D eigenvalue weighted by atomic mass is 16.4. The Labute approximate surface area is 87.6 Å². The lowest BCUT2D eigenvalue weighted by atomic mass is 9.99. The number of carboxylic acid groups (broad SMARTS) is 1. The highest BCUT2D eigenvalue weighted by Gasteiger charge is 2.20. The SMILES string of the molecule is NC(=O)N[C@H](CC1=CCC=CC1)C(=O)O. The Morgan fingerprint density at radius 1 is 1.53 bits per heavy atom. The highest BCUT2D eigenvalue weighted by Crippen LogP contribution is 2.16. The summed E-state index contributed by atoms with van der Waals surface area (Å²) in [7, 11) is 0. The minimum atomic E-state index is -1.07. The largest absolute Gasteiger partial charge is 0.480 e. The minimum absolute atomic E-state index is 0.308. The van der Waals surface area contributed by atoms with Crippen molar-refractivity contribution in [2.45, 2.75) is 25.3 Å². The molecule has 15 heavy (non-hydrogen) atoms. The molecule has 1 rings (SSSR count). The average Bonchev–Trinajstić information content (AvgIpc) is 2.17. The van der Waals surface area contributed by atoms with E-state index in [9.17, 15) is 9.59 Å². The molecular weight excluding hydrogens is 196 g/mol. The predicted octanol–water partition coefficient (Wildman–Crippen LogP) is 0.774. The lowest BCUT2D eigenvalue weighted by Crippen LogP contribution is -2.43. The molecule has 1 aliphatic rings. The summed E-state index contributed by atoms with van der Waals surface area (Å²) < 4.78 is 0. The first-order valence-electron chi connectivity index (χ1n) is 4.71. The molecule has 1 atom stereocenters. The standard InChI is InChI=1S/C10H14N2O3/c11-10(15)12-8(9(13)14)6-7-4-2-1-3-5-7/h1-2,5,8H,3-4,6H2,(H,13,14)(H3,11,12,15)/t8-/m1/s1. The Morgan fingerprint density at radius 3 is 2.73 bits per heavy atom. The van der Waals surface area contributed by atoms with Crippen LogP contribution in [0, 0.1) is 0 Å². The number of hydrogen-bond donors (Lipinski definition) is 3. The molecule has 0 aromatic carbocycles. The number of carboxylic acids is 1. The van der Waals surface area contributed by atoms with Crippen molar-refractivity contribution in [3.63, 3.8) is 0 Å². The number of nitrogens with one attached hydrogen (secondary N) is 1. The third kappa shape index (κ3) is 3.84. The number of allylic oxidation sites excluding steroid dienone is 3. The van der Waals surface area contributed by atoms with Crippen LogP contribution in [0.1, 0.15) is 19.3 Å². The van der Waals surface area contributed by atoms with Crippen molar-refractivity contribution in [1.82, 2.24) is 5.32 Å². The number of primary amides is 1. The fourth-order valence-electron chi connectivity index (χ4n) is 1.45. The summed E-state index contributed by atoms with van der Waals surface area (Å²) in [6.45, 7) is 0. The Morgan fingerprint density at radius 2 is 2.27 bits per heavy atom. The third-order valence-electron chi connectivity index (χ3n) is 2.17. The van der Waals surface area contributed by atoms with E-state index in [4.69, 9.17) is 10.8 Å². The second-order valence-corrected chi connectivity index (χ2v) is 3.38. The Bertz CT molecular complexity index is 321. The maximum absolute atomic E-state index is 10.8. The molecule has 5 heteroatoms. The lowest BCUT2D eigenvalue weighted by molar-refractivity contribution is -0.139. The average molecular weight is 210 g/mol. The topological polar surface area (TPSA) is 92.4 Å². The second kappa shape index (κ2) is 5.19. The number of nitrogens with two attached hydrogens (primary N) is 1. The summed E-state index contributed by atoms with van der Waals surface area (Å²) in [5.74, 6) is -1.07. The first kappa shape index (κ1) is 11.3. The maximum Gasteiger partial charge on any atom is 0.326 e. The van der Waals surface area contributed by atoms with E-state index in [2.05, 4.69) is 5.32 Å². The van der Waals surface area contributed by atoms with E-state index >= 15 is 0 Å². The van der Waals surface area contributed by atoms with Gasteiger partial charge in [0.25, 0.3) is 0 Å². The molecule has 82 valence electrons. The predicted molar refractivity (Wildman–Crippen MR) is 55.2 cm³/mol. The molecule has 0 fully saturated rings. The zero-order chi connectivity index (χ0) is 11.3. The molecule has 0 aromatic heterocycles. The van der Waals surface area contributed by atoms with Crippen LogP contribution in [0.15, 0.2) is 23.8 Å². The smallest absolute Gasteiger partial charge is 0.326 e. The van der Waals surface area contributed by atoms with Gasteiger partial charge in [0.05, 0.1) is 0 Å². The molecule has 0 bridgehead atoms. The first-order chi connectivity index (χ1) is 7.09. The molecule has 0 saturated carbocycles. The lowest BCUT2D eigenvalue weighted by Gasteiger charge is -2.15. The molecule has 0 saturated heterocycles. The number of rotatable bonds is 4. The van der Waals surface area contributed by atoms with Gasteiger partial charge >= 0.3 is 12.0 Å². The fourth-order valence-corrected chi connectivity index (χ4v) is 1.45. The molecule has 4 N–H and O–H groups in total. The van der Waals surface area contributed by atoms with Crippen molar-refractivity contribution in [1.29, 1.82) is 0 Å². The molecule has 0 aliphatic heterocycles. The van der Waals surface area contributed by atoms with Crippen LogP contribution in [-0.4, -0.2) is 23.1 Å². The van der Waals surface area contributed by atoms with Crippen LogP contribution in [0.5, 0.6) is 0 Å². The molecule has 2 amide bonds. The van der Waals surface area contributed by atoms with E-state index in [1.165, 1.54) is 0 Å². The minimum Gasteiger partial charge on any atom is -0.480 e. The van der Waals surface area contributed by atoms with Crippen molar-refractivity contribution in [3.8, 4) is 0 Å². The van der Waals surface area contributed by atoms with Gasteiger partial charge in [-0.25, -0.2) is 9.59 Å². The van der Waals surface area contributed by atoms with E-state index < -0.39 is 18.0 Å². The zero-order valence-electron chi connectivity index (χ0n) is 8.27. The molecule has 0 radical (unpaired) electrons. The third-order valence-corrected chi connectivity index (χ3v) is 2.17. The molecule has 0 spiro atoms. The second-order valence-electron chi connectivity index (χ2n) is 3.38. The summed E-state index contributed by atoms with van der Waals surface area (Å²) in [6, 6.07) is -1.74. The van der Waals surface area contributed by atoms with Gasteiger partial charge in [-0.05, 0) is 19.3 Å². The normalized spacial score (nSPS) is 16.7. The van der Waals surface area contributed by atoms with Gasteiger partial charge in [0.2, 0.25) is 0 Å². The summed E-state index contributed by atoms with van der Waals surface area (Å²) in [4.78, 5) is 21.4. The molecule has 1 aliphatic carbocycles. The fraction of sp³-hybridized carbons (Fsp3) is 0.400. The summed E-state index contributed by atoms with van der Waals surface area (Å²) in [6.07, 6.45) is 7.84. The van der Waals surface area contributed by atoms with Crippen molar-refractivity contribution in [2.75, 3.05) is 0 Å². The van der Waals surface area contributed by atoms with E-state index in [1.807, 2.05) is 18.2 Å². The number of hydrogen-bond acceptors (Lipinski definition) is 2. The number of aliphatic carboxylic acids is 1. The van der Waals surface area contributed by atoms with Gasteiger partial charge in [-0.2, -0.15) is 0 Å². The Kier molecular flexibility index (Phi) is 3.91. The summed E-state index contributed by atoms with van der Waals surface area (Å²) in [5.41, 5.74) is 5.90. The summed E-state index contributed by atoms with van der Waals surface area (Å²) in [5, 5.41) is 11.0. The maximum atomic E-state index is 10.8. The van der Waals surface area contributed by atoms with Crippen LogP contribution in [-0.2, 0) is 4.79 Å². The Balaban J connectivity index is 2.54. The van der Waals surface area contributed by atoms with Crippen LogP contribution in [0.3, 0.4) is 0 Å². The highest BCUT2D eigenvalue weighted by molar-refractivity contribution is 5.81. The van der Waals surface area contributed by atoms with E-state index in [1.54, 1.807) is 0 Å². The quantitative estimate of drug-likeness (QED) is 0.598. The van der Waals surface area contributed by atoms with Crippen molar-refractivity contribution in [2.24, 2.45) is 5.73 Å². The number of urea groups is 1. The number of carbonyl (C=O) groups is 2. The first-order valence-corrected chi connectivity index (χ1v) is 4.71. The van der Waals surface area contributed by atoms with Gasteiger partial charge in [-0.15, -0.1) is 0 Å². The zero-order valence-corrected chi connectivity index (χ0v) is 8.27. The molecular formula is C10H14N2O3. The van der Waals surface area contributed by atoms with Gasteiger partial charge in [-0.3, -0.25) is 0 Å².